The van der Waals surface area contributed by atoms with Crippen LogP contribution in [0.25, 0.3) is 16.9 Å². The zero-order chi connectivity index (χ0) is 14.4. The fourth-order valence-corrected chi connectivity index (χ4v) is 2.77. The fourth-order valence-electron chi connectivity index (χ4n) is 2.34. The van der Waals surface area contributed by atoms with Gasteiger partial charge >= 0.3 is 0 Å². The standard InChI is InChI=1S/C13H11Cl2FN4/c1-7-11-13(19(2)18-7)20(10(6-14)17-11)12-8(15)4-3-5-9(12)16/h3-5H,6H2,1-2H3. The molecule has 0 aliphatic heterocycles. The number of alkyl halides is 1. The SMILES string of the molecule is Cc1nn(C)c2c1nc(CCl)n2-c1c(F)cccc1Cl. The van der Waals surface area contributed by atoms with Crippen molar-refractivity contribution in [1.29, 1.82) is 0 Å². The van der Waals surface area contributed by atoms with Crippen LogP contribution in [0.15, 0.2) is 18.2 Å². The number of aryl methyl sites for hydroxylation is 2. The monoisotopic (exact) mass is 312 g/mol. The van der Waals surface area contributed by atoms with Crippen LogP contribution in [0.3, 0.4) is 0 Å². The lowest BCUT2D eigenvalue weighted by molar-refractivity contribution is 0.615. The van der Waals surface area contributed by atoms with Gasteiger partial charge in [0, 0.05) is 7.05 Å². The number of rotatable bonds is 2. The van der Waals surface area contributed by atoms with Gasteiger partial charge in [-0.2, -0.15) is 5.10 Å². The van der Waals surface area contributed by atoms with Gasteiger partial charge in [-0.1, -0.05) is 17.7 Å². The molecule has 3 aromatic rings. The molecule has 20 heavy (non-hydrogen) atoms. The summed E-state index contributed by atoms with van der Waals surface area (Å²) in [4.78, 5) is 4.43. The molecule has 0 saturated carbocycles. The Hall–Kier alpha value is -1.59. The lowest BCUT2D eigenvalue weighted by Crippen LogP contribution is -2.06. The maximum Gasteiger partial charge on any atom is 0.163 e. The van der Waals surface area contributed by atoms with Gasteiger partial charge in [0.05, 0.1) is 16.6 Å². The second-order valence-corrected chi connectivity index (χ2v) is 5.12. The van der Waals surface area contributed by atoms with Crippen LogP contribution in [0.2, 0.25) is 5.02 Å². The minimum absolute atomic E-state index is 0.152. The van der Waals surface area contributed by atoms with Crippen molar-refractivity contribution >= 4 is 34.4 Å². The van der Waals surface area contributed by atoms with Gasteiger partial charge in [-0.25, -0.2) is 14.1 Å². The molecule has 0 amide bonds. The largest absolute Gasteiger partial charge is 0.275 e. The molecule has 0 spiro atoms. The van der Waals surface area contributed by atoms with Crippen LogP contribution in [0.4, 0.5) is 4.39 Å². The normalized spacial score (nSPS) is 11.4. The molecule has 104 valence electrons. The van der Waals surface area contributed by atoms with Crippen molar-refractivity contribution in [2.75, 3.05) is 0 Å². The molecule has 0 atom stereocenters. The van der Waals surface area contributed by atoms with Crippen LogP contribution in [-0.2, 0) is 12.9 Å². The summed E-state index contributed by atoms with van der Waals surface area (Å²) in [5, 5.41) is 4.60. The molecule has 4 nitrogen and oxygen atoms in total. The summed E-state index contributed by atoms with van der Waals surface area (Å²) in [7, 11) is 1.78. The minimum atomic E-state index is -0.429. The molecule has 0 aliphatic rings. The van der Waals surface area contributed by atoms with Gasteiger partial charge in [0.2, 0.25) is 0 Å². The zero-order valence-corrected chi connectivity index (χ0v) is 12.4. The number of halogens is 3. The Morgan fingerprint density at radius 2 is 2.10 bits per heavy atom. The number of para-hydroxylation sites is 1. The predicted molar refractivity (Wildman–Crippen MR) is 77.1 cm³/mol. The Morgan fingerprint density at radius 1 is 1.35 bits per heavy atom. The third-order valence-corrected chi connectivity index (χ3v) is 3.70. The molecule has 0 N–H and O–H groups in total. The van der Waals surface area contributed by atoms with Crippen LogP contribution in [0.1, 0.15) is 11.5 Å². The minimum Gasteiger partial charge on any atom is -0.275 e. The number of imidazole rings is 1. The fraction of sp³-hybridized carbons (Fsp3) is 0.231. The summed E-state index contributed by atoms with van der Waals surface area (Å²) >= 11 is 12.1. The van der Waals surface area contributed by atoms with Crippen LogP contribution in [0, 0.1) is 12.7 Å². The quantitative estimate of drug-likeness (QED) is 0.678. The van der Waals surface area contributed by atoms with Gasteiger partial charge < -0.3 is 0 Å². The van der Waals surface area contributed by atoms with Crippen molar-refractivity contribution in [2.24, 2.45) is 7.05 Å². The molecule has 0 fully saturated rings. The number of benzene rings is 1. The second kappa shape index (κ2) is 4.75. The second-order valence-electron chi connectivity index (χ2n) is 4.45. The average Bonchev–Trinajstić information content (AvgIpc) is 2.89. The molecule has 1 aromatic carbocycles. The van der Waals surface area contributed by atoms with Crippen LogP contribution in [0.5, 0.6) is 0 Å². The van der Waals surface area contributed by atoms with E-state index in [-0.39, 0.29) is 11.6 Å². The van der Waals surface area contributed by atoms with Gasteiger partial charge in [-0.05, 0) is 19.1 Å². The van der Waals surface area contributed by atoms with Crippen LogP contribution in [-0.4, -0.2) is 19.3 Å². The van der Waals surface area contributed by atoms with Gasteiger partial charge in [-0.3, -0.25) is 4.57 Å². The molecular formula is C13H11Cl2FN4. The van der Waals surface area contributed by atoms with Crippen molar-refractivity contribution in [3.63, 3.8) is 0 Å². The Labute approximate surface area is 124 Å². The highest BCUT2D eigenvalue weighted by molar-refractivity contribution is 6.32. The summed E-state index contributed by atoms with van der Waals surface area (Å²) in [6.07, 6.45) is 0. The van der Waals surface area contributed by atoms with E-state index in [1.165, 1.54) is 6.07 Å². The summed E-state index contributed by atoms with van der Waals surface area (Å²) in [5.74, 6) is 0.255. The van der Waals surface area contributed by atoms with E-state index in [0.29, 0.717) is 22.0 Å². The summed E-state index contributed by atoms with van der Waals surface area (Å²) in [6.45, 7) is 1.85. The van der Waals surface area contributed by atoms with Crippen molar-refractivity contribution in [2.45, 2.75) is 12.8 Å². The lowest BCUT2D eigenvalue weighted by Gasteiger charge is -2.11. The number of hydrogen-bond acceptors (Lipinski definition) is 2. The third kappa shape index (κ3) is 1.81. The topological polar surface area (TPSA) is 35.6 Å². The summed E-state index contributed by atoms with van der Waals surface area (Å²) < 4.78 is 17.5. The van der Waals surface area contributed by atoms with Gasteiger partial charge in [0.15, 0.2) is 5.65 Å². The Balaban J connectivity index is 2.46. The molecule has 3 rings (SSSR count). The van der Waals surface area contributed by atoms with E-state index in [1.807, 2.05) is 6.92 Å². The van der Waals surface area contributed by atoms with Crippen molar-refractivity contribution in [1.82, 2.24) is 19.3 Å². The first-order valence-corrected chi connectivity index (χ1v) is 6.87. The van der Waals surface area contributed by atoms with E-state index in [9.17, 15) is 4.39 Å². The Bertz CT molecular complexity index is 786. The molecule has 0 aliphatic carbocycles. The third-order valence-electron chi connectivity index (χ3n) is 3.15. The van der Waals surface area contributed by atoms with Crippen molar-refractivity contribution < 1.29 is 4.39 Å². The maximum atomic E-state index is 14.2. The van der Waals surface area contributed by atoms with E-state index in [1.54, 1.807) is 28.4 Å². The van der Waals surface area contributed by atoms with Gasteiger partial charge in [0.1, 0.15) is 22.8 Å². The first kappa shape index (κ1) is 13.4. The number of hydrogen-bond donors (Lipinski definition) is 0. The highest BCUT2D eigenvalue weighted by Crippen LogP contribution is 2.30. The highest BCUT2D eigenvalue weighted by atomic mass is 35.5. The van der Waals surface area contributed by atoms with Crippen LogP contribution >= 0.6 is 23.2 Å². The summed E-state index contributed by atoms with van der Waals surface area (Å²) in [5.41, 5.74) is 2.38. The number of aromatic nitrogens is 4. The molecule has 0 unspecified atom stereocenters. The first-order valence-electron chi connectivity index (χ1n) is 5.96. The van der Waals surface area contributed by atoms with E-state index >= 15 is 0 Å². The lowest BCUT2D eigenvalue weighted by atomic mass is 10.3. The number of nitrogens with zero attached hydrogens (tertiary/aromatic N) is 4. The van der Waals surface area contributed by atoms with E-state index in [0.717, 1.165) is 5.69 Å². The Morgan fingerprint density at radius 3 is 2.75 bits per heavy atom. The summed E-state index contributed by atoms with van der Waals surface area (Å²) in [6, 6.07) is 4.55. The van der Waals surface area contributed by atoms with E-state index < -0.39 is 5.82 Å². The van der Waals surface area contributed by atoms with E-state index in [2.05, 4.69) is 10.1 Å². The smallest absolute Gasteiger partial charge is 0.163 e. The molecule has 0 bridgehead atoms. The molecule has 7 heteroatoms. The van der Waals surface area contributed by atoms with Gasteiger partial charge in [-0.15, -0.1) is 11.6 Å². The predicted octanol–water partition coefficient (Wildman–Crippen LogP) is 3.60. The zero-order valence-electron chi connectivity index (χ0n) is 10.9. The maximum absolute atomic E-state index is 14.2. The average molecular weight is 313 g/mol. The van der Waals surface area contributed by atoms with Crippen molar-refractivity contribution in [3.8, 4) is 5.69 Å². The van der Waals surface area contributed by atoms with Crippen LogP contribution < -0.4 is 0 Å². The molecule has 2 heterocycles. The Kier molecular flexibility index (Phi) is 3.18. The molecular weight excluding hydrogens is 302 g/mol. The molecule has 0 radical (unpaired) electrons. The van der Waals surface area contributed by atoms with E-state index in [4.69, 9.17) is 23.2 Å². The molecule has 2 aromatic heterocycles. The molecule has 0 saturated heterocycles. The van der Waals surface area contributed by atoms with Gasteiger partial charge in [0.25, 0.3) is 0 Å². The first-order chi connectivity index (χ1) is 9.54. The van der Waals surface area contributed by atoms with Crippen molar-refractivity contribution in [3.05, 3.63) is 40.6 Å². The highest BCUT2D eigenvalue weighted by Gasteiger charge is 2.21. The number of fused-ring (bicyclic) bond motifs is 1.